The minimum absolute atomic E-state index is 0.331. The third-order valence-electron chi connectivity index (χ3n) is 2.91. The van der Waals surface area contributed by atoms with E-state index in [1.807, 2.05) is 30.3 Å². The molecule has 0 saturated heterocycles. The van der Waals surface area contributed by atoms with E-state index in [0.29, 0.717) is 23.7 Å². The summed E-state index contributed by atoms with van der Waals surface area (Å²) in [5.74, 6) is 1.04. The Bertz CT molecular complexity index is 647. The fourth-order valence-corrected chi connectivity index (χ4v) is 2.81. The number of nitrogens with one attached hydrogen (secondary N) is 2. The molecule has 0 bridgehead atoms. The first-order valence-corrected chi connectivity index (χ1v) is 8.13. The number of ether oxygens (including phenoxy) is 1. The van der Waals surface area contributed by atoms with Crippen LogP contribution >= 0.6 is 0 Å². The Labute approximate surface area is 132 Å². The molecule has 0 unspecified atom stereocenters. The second kappa shape index (κ2) is 8.19. The minimum atomic E-state index is -1.11. The molecule has 116 valence electrons. The van der Waals surface area contributed by atoms with Gasteiger partial charge < -0.3 is 15.4 Å². The minimum Gasteiger partial charge on any atom is -0.497 e. The number of carbonyl (C=O) groups is 1. The number of anilines is 1. The van der Waals surface area contributed by atoms with Crippen LogP contribution in [0.3, 0.4) is 0 Å². The van der Waals surface area contributed by atoms with Gasteiger partial charge in [0, 0.05) is 28.9 Å². The molecule has 0 aliphatic carbocycles. The molecule has 0 heterocycles. The Balaban J connectivity index is 1.77. The van der Waals surface area contributed by atoms with Gasteiger partial charge in [0.25, 0.3) is 0 Å². The predicted molar refractivity (Wildman–Crippen MR) is 87.7 cm³/mol. The van der Waals surface area contributed by atoms with E-state index in [0.717, 1.165) is 4.90 Å². The molecule has 6 heteroatoms. The normalized spacial score (nSPS) is 11.5. The van der Waals surface area contributed by atoms with E-state index in [9.17, 15) is 9.00 Å². The van der Waals surface area contributed by atoms with E-state index in [4.69, 9.17) is 4.74 Å². The fourth-order valence-electron chi connectivity index (χ4n) is 1.82. The Morgan fingerprint density at radius 2 is 1.91 bits per heavy atom. The largest absolute Gasteiger partial charge is 0.497 e. The van der Waals surface area contributed by atoms with Crippen molar-refractivity contribution in [2.45, 2.75) is 4.90 Å². The Kier molecular flexibility index (Phi) is 5.97. The van der Waals surface area contributed by atoms with Crippen LogP contribution in [0.5, 0.6) is 5.75 Å². The third kappa shape index (κ3) is 4.89. The topological polar surface area (TPSA) is 67.4 Å². The lowest BCUT2D eigenvalue weighted by atomic mass is 10.3. The first-order valence-electron chi connectivity index (χ1n) is 6.81. The van der Waals surface area contributed by atoms with Crippen molar-refractivity contribution in [3.05, 3.63) is 54.6 Å². The summed E-state index contributed by atoms with van der Waals surface area (Å²) in [6, 6.07) is 15.9. The summed E-state index contributed by atoms with van der Waals surface area (Å²) < 4.78 is 17.1. The van der Waals surface area contributed by atoms with Crippen molar-refractivity contribution in [2.75, 3.05) is 24.7 Å². The molecule has 0 spiro atoms. The van der Waals surface area contributed by atoms with Crippen LogP contribution < -0.4 is 15.4 Å². The van der Waals surface area contributed by atoms with Gasteiger partial charge in [-0.05, 0) is 24.3 Å². The molecule has 22 heavy (non-hydrogen) atoms. The second-order valence-corrected chi connectivity index (χ2v) is 6.05. The van der Waals surface area contributed by atoms with Crippen molar-refractivity contribution in [3.8, 4) is 5.75 Å². The van der Waals surface area contributed by atoms with Crippen molar-refractivity contribution in [2.24, 2.45) is 0 Å². The molecule has 0 saturated carbocycles. The van der Waals surface area contributed by atoms with Gasteiger partial charge in [-0.15, -0.1) is 0 Å². The summed E-state index contributed by atoms with van der Waals surface area (Å²) in [5.41, 5.74) is 0.640. The number of methoxy groups -OCH3 is 1. The van der Waals surface area contributed by atoms with Crippen LogP contribution in [0.25, 0.3) is 0 Å². The highest BCUT2D eigenvalue weighted by Crippen LogP contribution is 2.16. The van der Waals surface area contributed by atoms with Gasteiger partial charge in [-0.25, -0.2) is 4.79 Å². The lowest BCUT2D eigenvalue weighted by Gasteiger charge is -2.08. The van der Waals surface area contributed by atoms with Crippen molar-refractivity contribution in [3.63, 3.8) is 0 Å². The Hall–Kier alpha value is -2.34. The maximum atomic E-state index is 12.0. The summed E-state index contributed by atoms with van der Waals surface area (Å²) in [6.45, 7) is 0.331. The van der Waals surface area contributed by atoms with Crippen LogP contribution in [-0.4, -0.2) is 29.6 Å². The molecular formula is C16H18N2O3S. The first kappa shape index (κ1) is 16.0. The molecule has 2 aromatic rings. The number of urea groups is 1. The van der Waals surface area contributed by atoms with Crippen LogP contribution in [0.1, 0.15) is 0 Å². The molecule has 0 aliphatic heterocycles. The van der Waals surface area contributed by atoms with Gasteiger partial charge in [0.05, 0.1) is 17.9 Å². The van der Waals surface area contributed by atoms with Crippen molar-refractivity contribution in [1.29, 1.82) is 0 Å². The molecule has 2 amide bonds. The molecule has 5 nitrogen and oxygen atoms in total. The number of hydrogen-bond acceptors (Lipinski definition) is 3. The molecule has 0 aromatic heterocycles. The zero-order valence-corrected chi connectivity index (χ0v) is 13.1. The molecule has 0 fully saturated rings. The van der Waals surface area contributed by atoms with E-state index >= 15 is 0 Å². The lowest BCUT2D eigenvalue weighted by Crippen LogP contribution is -2.31. The van der Waals surface area contributed by atoms with Crippen LogP contribution in [0, 0.1) is 0 Å². The molecule has 2 N–H and O–H groups in total. The van der Waals surface area contributed by atoms with Gasteiger partial charge in [0.15, 0.2) is 0 Å². The van der Waals surface area contributed by atoms with Crippen molar-refractivity contribution < 1.29 is 13.7 Å². The van der Waals surface area contributed by atoms with Crippen molar-refractivity contribution >= 4 is 22.5 Å². The quantitative estimate of drug-likeness (QED) is 0.860. The Morgan fingerprint density at radius 3 is 2.64 bits per heavy atom. The van der Waals surface area contributed by atoms with Gasteiger partial charge in [-0.1, -0.05) is 24.3 Å². The molecule has 2 rings (SSSR count). The van der Waals surface area contributed by atoms with Crippen LogP contribution in [0.4, 0.5) is 10.5 Å². The fraction of sp³-hybridized carbons (Fsp3) is 0.188. The average Bonchev–Trinajstić information content (AvgIpc) is 2.55. The first-order chi connectivity index (χ1) is 10.7. The van der Waals surface area contributed by atoms with Crippen LogP contribution in [0.2, 0.25) is 0 Å². The van der Waals surface area contributed by atoms with E-state index in [2.05, 4.69) is 10.6 Å². The molecule has 0 aliphatic rings. The number of hydrogen-bond donors (Lipinski definition) is 2. The van der Waals surface area contributed by atoms with Gasteiger partial charge in [-0.2, -0.15) is 0 Å². The number of carbonyl (C=O) groups excluding carboxylic acids is 1. The summed E-state index contributed by atoms with van der Waals surface area (Å²) in [5, 5.41) is 5.39. The summed E-state index contributed by atoms with van der Waals surface area (Å²) in [4.78, 5) is 12.5. The zero-order valence-electron chi connectivity index (χ0n) is 12.2. The number of amides is 2. The third-order valence-corrected chi connectivity index (χ3v) is 4.28. The second-order valence-electron chi connectivity index (χ2n) is 4.48. The van der Waals surface area contributed by atoms with E-state index in [-0.39, 0.29) is 6.03 Å². The average molecular weight is 318 g/mol. The van der Waals surface area contributed by atoms with E-state index in [1.54, 1.807) is 31.4 Å². The molecule has 2 aromatic carbocycles. The highest BCUT2D eigenvalue weighted by atomic mass is 32.2. The van der Waals surface area contributed by atoms with Crippen LogP contribution in [-0.2, 0) is 10.8 Å². The Morgan fingerprint density at radius 1 is 1.14 bits per heavy atom. The monoisotopic (exact) mass is 318 g/mol. The van der Waals surface area contributed by atoms with Gasteiger partial charge in [0.2, 0.25) is 0 Å². The van der Waals surface area contributed by atoms with E-state index < -0.39 is 10.8 Å². The standard InChI is InChI=1S/C16H18N2O3S/c1-21-14-7-5-6-13(12-14)18-16(19)17-10-11-22(20)15-8-3-2-4-9-15/h2-9,12H,10-11H2,1H3,(H2,17,18,19)/t22-/m1/s1. The maximum absolute atomic E-state index is 12.0. The predicted octanol–water partition coefficient (Wildman–Crippen LogP) is 2.62. The summed E-state index contributed by atoms with van der Waals surface area (Å²) in [6.07, 6.45) is 0. The summed E-state index contributed by atoms with van der Waals surface area (Å²) >= 11 is 0. The zero-order chi connectivity index (χ0) is 15.8. The lowest BCUT2D eigenvalue weighted by molar-refractivity contribution is 0.252. The van der Waals surface area contributed by atoms with Crippen LogP contribution in [0.15, 0.2) is 59.5 Å². The SMILES string of the molecule is COc1cccc(NC(=O)NCC[S@@](=O)c2ccccc2)c1. The molecular weight excluding hydrogens is 300 g/mol. The summed E-state index contributed by atoms with van der Waals surface area (Å²) in [7, 11) is 0.454. The van der Waals surface area contributed by atoms with Crippen molar-refractivity contribution in [1.82, 2.24) is 5.32 Å². The van der Waals surface area contributed by atoms with E-state index in [1.165, 1.54) is 0 Å². The van der Waals surface area contributed by atoms with Gasteiger partial charge in [-0.3, -0.25) is 4.21 Å². The smallest absolute Gasteiger partial charge is 0.319 e. The number of benzene rings is 2. The molecule has 1 atom stereocenters. The highest BCUT2D eigenvalue weighted by Gasteiger charge is 2.05. The number of rotatable bonds is 6. The van der Waals surface area contributed by atoms with Gasteiger partial charge in [0.1, 0.15) is 5.75 Å². The molecule has 0 radical (unpaired) electrons. The maximum Gasteiger partial charge on any atom is 0.319 e. The highest BCUT2D eigenvalue weighted by molar-refractivity contribution is 7.85. The van der Waals surface area contributed by atoms with Gasteiger partial charge >= 0.3 is 6.03 Å².